The lowest BCUT2D eigenvalue weighted by Gasteiger charge is -2.27. The van der Waals surface area contributed by atoms with Gasteiger partial charge in [0.25, 0.3) is 0 Å². The molecule has 3 N–H and O–H groups in total. The average Bonchev–Trinajstić information content (AvgIpc) is 2.74. The first-order valence-electron chi connectivity index (χ1n) is 7.04. The maximum absolute atomic E-state index is 12.2. The van der Waals surface area contributed by atoms with Crippen LogP contribution in [0.25, 0.3) is 0 Å². The summed E-state index contributed by atoms with van der Waals surface area (Å²) in [5.41, 5.74) is 5.91. The SMILES string of the molecule is CCC1(C(=O)NCC(N)CC(C)C)CCCC1. The van der Waals surface area contributed by atoms with Gasteiger partial charge in [-0.1, -0.05) is 33.6 Å². The van der Waals surface area contributed by atoms with Crippen LogP contribution >= 0.6 is 0 Å². The highest BCUT2D eigenvalue weighted by atomic mass is 16.2. The van der Waals surface area contributed by atoms with Crippen molar-refractivity contribution in [2.75, 3.05) is 6.54 Å². The van der Waals surface area contributed by atoms with Crippen LogP contribution in [0.2, 0.25) is 0 Å². The highest BCUT2D eigenvalue weighted by Crippen LogP contribution is 2.40. The molecule has 0 aromatic carbocycles. The number of nitrogens with two attached hydrogens (primary N) is 1. The lowest BCUT2D eigenvalue weighted by Crippen LogP contribution is -2.44. The maximum Gasteiger partial charge on any atom is 0.226 e. The molecule has 1 atom stereocenters. The van der Waals surface area contributed by atoms with E-state index in [1.165, 1.54) is 12.8 Å². The number of amides is 1. The molecule has 0 heterocycles. The Labute approximate surface area is 106 Å². The van der Waals surface area contributed by atoms with Gasteiger partial charge in [0.2, 0.25) is 5.91 Å². The lowest BCUT2D eigenvalue weighted by atomic mass is 9.82. The summed E-state index contributed by atoms with van der Waals surface area (Å²) in [6, 6.07) is 0.0919. The van der Waals surface area contributed by atoms with E-state index in [9.17, 15) is 4.79 Å². The fourth-order valence-electron chi connectivity index (χ4n) is 2.89. The normalized spacial score (nSPS) is 20.5. The molecule has 1 aliphatic carbocycles. The van der Waals surface area contributed by atoms with Crippen LogP contribution in [-0.4, -0.2) is 18.5 Å². The van der Waals surface area contributed by atoms with Crippen LogP contribution in [0.1, 0.15) is 59.3 Å². The highest BCUT2D eigenvalue weighted by molar-refractivity contribution is 5.82. The summed E-state index contributed by atoms with van der Waals surface area (Å²) < 4.78 is 0. The average molecular weight is 240 g/mol. The molecule has 0 spiro atoms. The number of hydrogen-bond donors (Lipinski definition) is 2. The molecule has 0 bridgehead atoms. The van der Waals surface area contributed by atoms with Crippen molar-refractivity contribution in [2.24, 2.45) is 17.1 Å². The Hall–Kier alpha value is -0.570. The van der Waals surface area contributed by atoms with Gasteiger partial charge in [-0.05, 0) is 31.6 Å². The molecule has 0 saturated heterocycles. The monoisotopic (exact) mass is 240 g/mol. The third kappa shape index (κ3) is 3.98. The zero-order valence-electron chi connectivity index (χ0n) is 11.6. The molecule has 1 amide bonds. The Balaban J connectivity index is 2.38. The van der Waals surface area contributed by atoms with Crippen molar-refractivity contribution in [3.8, 4) is 0 Å². The Morgan fingerprint density at radius 1 is 1.35 bits per heavy atom. The van der Waals surface area contributed by atoms with Gasteiger partial charge in [0, 0.05) is 18.0 Å². The minimum absolute atomic E-state index is 0.0858. The molecule has 0 aromatic rings. The molecule has 0 aliphatic heterocycles. The van der Waals surface area contributed by atoms with Crippen LogP contribution < -0.4 is 11.1 Å². The third-order valence-electron chi connectivity index (χ3n) is 4.02. The molecule has 0 aromatic heterocycles. The van der Waals surface area contributed by atoms with Crippen molar-refractivity contribution < 1.29 is 4.79 Å². The van der Waals surface area contributed by atoms with Crippen LogP contribution in [0.3, 0.4) is 0 Å². The Kier molecular flexibility index (Phi) is 5.44. The van der Waals surface area contributed by atoms with E-state index in [4.69, 9.17) is 5.73 Å². The van der Waals surface area contributed by atoms with Gasteiger partial charge < -0.3 is 11.1 Å². The highest BCUT2D eigenvalue weighted by Gasteiger charge is 2.39. The maximum atomic E-state index is 12.2. The number of nitrogens with one attached hydrogen (secondary N) is 1. The minimum Gasteiger partial charge on any atom is -0.354 e. The second kappa shape index (κ2) is 6.39. The van der Waals surface area contributed by atoms with Gasteiger partial charge >= 0.3 is 0 Å². The van der Waals surface area contributed by atoms with Gasteiger partial charge in [0.1, 0.15) is 0 Å². The molecular formula is C14H28N2O. The molecule has 1 unspecified atom stereocenters. The molecule has 1 rings (SSSR count). The van der Waals surface area contributed by atoms with Gasteiger partial charge in [0.05, 0.1) is 0 Å². The van der Waals surface area contributed by atoms with Crippen molar-refractivity contribution in [3.63, 3.8) is 0 Å². The van der Waals surface area contributed by atoms with Gasteiger partial charge in [-0.15, -0.1) is 0 Å². The van der Waals surface area contributed by atoms with Crippen molar-refractivity contribution in [1.29, 1.82) is 0 Å². The predicted molar refractivity (Wildman–Crippen MR) is 71.6 cm³/mol. The van der Waals surface area contributed by atoms with Gasteiger partial charge in [0.15, 0.2) is 0 Å². The summed E-state index contributed by atoms with van der Waals surface area (Å²) in [5.74, 6) is 0.824. The summed E-state index contributed by atoms with van der Waals surface area (Å²) in [7, 11) is 0. The summed E-state index contributed by atoms with van der Waals surface area (Å²) in [6.45, 7) is 7.07. The molecule has 0 radical (unpaired) electrons. The second-order valence-electron chi connectivity index (χ2n) is 5.94. The molecule has 3 heteroatoms. The quantitative estimate of drug-likeness (QED) is 0.749. The fourth-order valence-corrected chi connectivity index (χ4v) is 2.89. The Bertz CT molecular complexity index is 245. The van der Waals surface area contributed by atoms with Crippen molar-refractivity contribution in [1.82, 2.24) is 5.32 Å². The number of carbonyl (C=O) groups is 1. The van der Waals surface area contributed by atoms with Crippen molar-refractivity contribution >= 4 is 5.91 Å². The molecule has 1 aliphatic rings. The van der Waals surface area contributed by atoms with Crippen LogP contribution in [0.4, 0.5) is 0 Å². The molecule has 3 nitrogen and oxygen atoms in total. The van der Waals surface area contributed by atoms with E-state index in [1.54, 1.807) is 0 Å². The van der Waals surface area contributed by atoms with Crippen LogP contribution in [-0.2, 0) is 4.79 Å². The van der Waals surface area contributed by atoms with E-state index >= 15 is 0 Å². The van der Waals surface area contributed by atoms with E-state index in [1.807, 2.05) is 0 Å². The van der Waals surface area contributed by atoms with Gasteiger partial charge in [-0.3, -0.25) is 4.79 Å². The fraction of sp³-hybridized carbons (Fsp3) is 0.929. The third-order valence-corrected chi connectivity index (χ3v) is 4.02. The second-order valence-corrected chi connectivity index (χ2v) is 5.94. The summed E-state index contributed by atoms with van der Waals surface area (Å²) in [5, 5.41) is 3.06. The first-order chi connectivity index (χ1) is 8.00. The number of rotatable bonds is 6. The van der Waals surface area contributed by atoms with Crippen molar-refractivity contribution in [2.45, 2.75) is 65.3 Å². The smallest absolute Gasteiger partial charge is 0.226 e. The topological polar surface area (TPSA) is 55.1 Å². The minimum atomic E-state index is -0.0858. The Morgan fingerprint density at radius 2 is 1.94 bits per heavy atom. The largest absolute Gasteiger partial charge is 0.354 e. The first-order valence-corrected chi connectivity index (χ1v) is 7.04. The summed E-state index contributed by atoms with van der Waals surface area (Å²) in [4.78, 5) is 12.2. The van der Waals surface area contributed by atoms with E-state index in [0.29, 0.717) is 12.5 Å². The van der Waals surface area contributed by atoms with E-state index < -0.39 is 0 Å². The predicted octanol–water partition coefficient (Wildman–Crippen LogP) is 2.45. The Morgan fingerprint density at radius 3 is 2.41 bits per heavy atom. The summed E-state index contributed by atoms with van der Waals surface area (Å²) >= 11 is 0. The standard InChI is InChI=1S/C14H28N2O/c1-4-14(7-5-6-8-14)13(17)16-10-12(15)9-11(2)3/h11-12H,4-10,15H2,1-3H3,(H,16,17). The van der Waals surface area contributed by atoms with Crippen molar-refractivity contribution in [3.05, 3.63) is 0 Å². The number of hydrogen-bond acceptors (Lipinski definition) is 2. The molecular weight excluding hydrogens is 212 g/mol. The lowest BCUT2D eigenvalue weighted by molar-refractivity contribution is -0.131. The van der Waals surface area contributed by atoms with Gasteiger partial charge in [-0.2, -0.15) is 0 Å². The first kappa shape index (κ1) is 14.5. The van der Waals surface area contributed by atoms with E-state index in [-0.39, 0.29) is 17.4 Å². The van der Waals surface area contributed by atoms with Crippen LogP contribution in [0.15, 0.2) is 0 Å². The molecule has 1 fully saturated rings. The number of carbonyl (C=O) groups excluding carboxylic acids is 1. The zero-order valence-corrected chi connectivity index (χ0v) is 11.6. The zero-order chi connectivity index (χ0) is 12.9. The summed E-state index contributed by atoms with van der Waals surface area (Å²) in [6.07, 6.45) is 6.42. The van der Waals surface area contributed by atoms with E-state index in [0.717, 1.165) is 25.7 Å². The van der Waals surface area contributed by atoms with E-state index in [2.05, 4.69) is 26.1 Å². The molecule has 17 heavy (non-hydrogen) atoms. The van der Waals surface area contributed by atoms with Gasteiger partial charge in [-0.25, -0.2) is 0 Å². The van der Waals surface area contributed by atoms with Crippen LogP contribution in [0.5, 0.6) is 0 Å². The van der Waals surface area contributed by atoms with Crippen LogP contribution in [0, 0.1) is 11.3 Å². The molecule has 1 saturated carbocycles. The molecule has 100 valence electrons.